The molecule has 1 amide bonds. The van der Waals surface area contributed by atoms with E-state index in [1.54, 1.807) is 13.1 Å². The van der Waals surface area contributed by atoms with E-state index in [0.29, 0.717) is 18.7 Å². The summed E-state index contributed by atoms with van der Waals surface area (Å²) in [6, 6.07) is 7.55. The van der Waals surface area contributed by atoms with E-state index in [1.165, 1.54) is 0 Å². The van der Waals surface area contributed by atoms with Crippen molar-refractivity contribution in [2.24, 2.45) is 11.3 Å². The van der Waals surface area contributed by atoms with Crippen molar-refractivity contribution in [2.75, 3.05) is 20.1 Å². The zero-order valence-corrected chi connectivity index (χ0v) is 14.1. The topological polar surface area (TPSA) is 69.6 Å². The third-order valence-corrected chi connectivity index (χ3v) is 5.19. The van der Waals surface area contributed by atoms with E-state index in [4.69, 9.17) is 0 Å². The molecule has 0 spiro atoms. The van der Waals surface area contributed by atoms with Gasteiger partial charge in [0.1, 0.15) is 0 Å². The third kappa shape index (κ3) is 3.21. The Morgan fingerprint density at radius 3 is 2.87 bits per heavy atom. The van der Waals surface area contributed by atoms with Crippen LogP contribution in [-0.2, 0) is 11.3 Å². The van der Waals surface area contributed by atoms with Crippen LogP contribution in [0.15, 0.2) is 24.3 Å². The normalized spacial score (nSPS) is 26.4. The molecule has 6 heteroatoms. The lowest BCUT2D eigenvalue weighted by Crippen LogP contribution is -2.35. The van der Waals surface area contributed by atoms with E-state index < -0.39 is 11.4 Å². The average Bonchev–Trinajstić information content (AvgIpc) is 3.04. The second-order valence-electron chi connectivity index (χ2n) is 6.50. The van der Waals surface area contributed by atoms with E-state index in [2.05, 4.69) is 10.2 Å². The number of carboxylic acids is 1. The number of rotatable bonds is 4. The Balaban J connectivity index is 0.00000192. The lowest BCUT2D eigenvalue weighted by Gasteiger charge is -2.23. The minimum atomic E-state index is -0.642. The number of carbonyl (C=O) groups excluding carboxylic acids is 1. The summed E-state index contributed by atoms with van der Waals surface area (Å²) in [7, 11) is 1.62. The number of carboxylic acid groups (broad SMARTS) is 1. The summed E-state index contributed by atoms with van der Waals surface area (Å²) in [5.41, 5.74) is 1.16. The molecular weight excluding hydrogens is 316 g/mol. The molecule has 23 heavy (non-hydrogen) atoms. The van der Waals surface area contributed by atoms with E-state index in [-0.39, 0.29) is 24.2 Å². The van der Waals surface area contributed by atoms with Gasteiger partial charge in [0.25, 0.3) is 5.91 Å². The number of hydrogen-bond donors (Lipinski definition) is 2. The van der Waals surface area contributed by atoms with Gasteiger partial charge in [-0.25, -0.2) is 0 Å². The molecule has 0 aromatic heterocycles. The van der Waals surface area contributed by atoms with Crippen molar-refractivity contribution in [3.63, 3.8) is 0 Å². The number of amides is 1. The molecule has 1 saturated heterocycles. The van der Waals surface area contributed by atoms with Crippen LogP contribution in [0.5, 0.6) is 0 Å². The third-order valence-electron chi connectivity index (χ3n) is 5.19. The van der Waals surface area contributed by atoms with E-state index in [9.17, 15) is 14.7 Å². The van der Waals surface area contributed by atoms with E-state index in [1.807, 2.05) is 18.2 Å². The fraction of sp³-hybridized carbons (Fsp3) is 0.529. The van der Waals surface area contributed by atoms with Gasteiger partial charge in [-0.2, -0.15) is 0 Å². The van der Waals surface area contributed by atoms with Crippen LogP contribution in [0.1, 0.15) is 35.2 Å². The first kappa shape index (κ1) is 17.8. The molecule has 1 aromatic carbocycles. The lowest BCUT2D eigenvalue weighted by atomic mass is 9.81. The highest BCUT2D eigenvalue weighted by Crippen LogP contribution is 2.49. The molecule has 2 N–H and O–H groups in total. The monoisotopic (exact) mass is 338 g/mol. The molecule has 0 bridgehead atoms. The summed E-state index contributed by atoms with van der Waals surface area (Å²) in [5.74, 6) is -0.467. The highest BCUT2D eigenvalue weighted by molar-refractivity contribution is 5.94. The van der Waals surface area contributed by atoms with Crippen molar-refractivity contribution in [1.29, 1.82) is 0 Å². The average molecular weight is 339 g/mol. The molecular formula is C17H23ClN2O3. The van der Waals surface area contributed by atoms with Gasteiger partial charge in [-0.05, 0) is 36.5 Å². The Bertz CT molecular complexity index is 607. The number of aliphatic carboxylic acids is 1. The Hall–Kier alpha value is -1.59. The highest BCUT2D eigenvalue weighted by Gasteiger charge is 2.54. The number of carbonyl (C=O) groups is 2. The van der Waals surface area contributed by atoms with Gasteiger partial charge in [0, 0.05) is 32.2 Å². The summed E-state index contributed by atoms with van der Waals surface area (Å²) in [6.45, 7) is 2.17. The van der Waals surface area contributed by atoms with Crippen LogP contribution < -0.4 is 5.32 Å². The second kappa shape index (κ2) is 6.89. The van der Waals surface area contributed by atoms with Gasteiger partial charge in [0.05, 0.1) is 5.41 Å². The van der Waals surface area contributed by atoms with Crippen molar-refractivity contribution < 1.29 is 14.7 Å². The molecule has 1 aliphatic heterocycles. The zero-order chi connectivity index (χ0) is 15.7. The number of nitrogens with one attached hydrogen (secondary N) is 1. The van der Waals surface area contributed by atoms with Crippen LogP contribution in [-0.4, -0.2) is 42.0 Å². The lowest BCUT2D eigenvalue weighted by molar-refractivity contribution is -0.149. The molecule has 1 heterocycles. The summed E-state index contributed by atoms with van der Waals surface area (Å²) < 4.78 is 0. The standard InChI is InChI=1S/C17H22N2O3.ClH/c1-18-15(20)13-5-2-4-12(8-13)9-19-10-14-6-3-7-17(14,11-19)16(21)22;/h2,4-5,8,14H,3,6-7,9-11H2,1H3,(H,18,20)(H,21,22);1H/t14-,17+;/m0./s1. The Morgan fingerprint density at radius 1 is 1.43 bits per heavy atom. The first-order chi connectivity index (χ1) is 10.5. The maximum absolute atomic E-state index is 11.7. The quantitative estimate of drug-likeness (QED) is 0.882. The first-order valence-electron chi connectivity index (χ1n) is 7.82. The van der Waals surface area contributed by atoms with Crippen molar-refractivity contribution >= 4 is 24.3 Å². The Kier molecular flexibility index (Phi) is 5.32. The Morgan fingerprint density at radius 2 is 2.22 bits per heavy atom. The molecule has 0 radical (unpaired) electrons. The van der Waals surface area contributed by atoms with Gasteiger partial charge in [-0.15, -0.1) is 12.4 Å². The van der Waals surface area contributed by atoms with E-state index >= 15 is 0 Å². The predicted octanol–water partition coefficient (Wildman–Crippen LogP) is 2.15. The molecule has 1 aromatic rings. The molecule has 2 fully saturated rings. The van der Waals surface area contributed by atoms with Gasteiger partial charge < -0.3 is 10.4 Å². The van der Waals surface area contributed by atoms with Crippen LogP contribution in [0.25, 0.3) is 0 Å². The molecule has 1 aliphatic carbocycles. The predicted molar refractivity (Wildman–Crippen MR) is 89.8 cm³/mol. The number of fused-ring (bicyclic) bond motifs is 1. The highest BCUT2D eigenvalue weighted by atomic mass is 35.5. The first-order valence-corrected chi connectivity index (χ1v) is 7.82. The summed E-state index contributed by atoms with van der Waals surface area (Å²) in [5, 5.41) is 12.3. The summed E-state index contributed by atoms with van der Waals surface area (Å²) in [6.07, 6.45) is 2.83. The smallest absolute Gasteiger partial charge is 0.311 e. The molecule has 2 aliphatic rings. The van der Waals surface area contributed by atoms with Crippen LogP contribution in [0.4, 0.5) is 0 Å². The van der Waals surface area contributed by atoms with Gasteiger partial charge >= 0.3 is 5.97 Å². The minimum Gasteiger partial charge on any atom is -0.481 e. The molecule has 5 nitrogen and oxygen atoms in total. The van der Waals surface area contributed by atoms with Crippen LogP contribution >= 0.6 is 12.4 Å². The molecule has 1 saturated carbocycles. The number of hydrogen-bond acceptors (Lipinski definition) is 3. The fourth-order valence-corrected chi connectivity index (χ4v) is 4.08. The van der Waals surface area contributed by atoms with Crippen molar-refractivity contribution in [2.45, 2.75) is 25.8 Å². The SMILES string of the molecule is CNC(=O)c1cccc(CN2C[C@@H]3CCC[C@@]3(C(=O)O)C2)c1.Cl. The van der Waals surface area contributed by atoms with Gasteiger partial charge in [0.15, 0.2) is 0 Å². The maximum Gasteiger partial charge on any atom is 0.311 e. The molecule has 126 valence electrons. The molecule has 0 unspecified atom stereocenters. The van der Waals surface area contributed by atoms with Crippen LogP contribution in [0.3, 0.4) is 0 Å². The van der Waals surface area contributed by atoms with Crippen LogP contribution in [0.2, 0.25) is 0 Å². The van der Waals surface area contributed by atoms with E-state index in [0.717, 1.165) is 31.4 Å². The summed E-state index contributed by atoms with van der Waals surface area (Å²) >= 11 is 0. The van der Waals surface area contributed by atoms with Crippen molar-refractivity contribution in [1.82, 2.24) is 10.2 Å². The van der Waals surface area contributed by atoms with Gasteiger partial charge in [-0.1, -0.05) is 18.6 Å². The van der Waals surface area contributed by atoms with Crippen molar-refractivity contribution in [3.05, 3.63) is 35.4 Å². The van der Waals surface area contributed by atoms with Gasteiger partial charge in [-0.3, -0.25) is 14.5 Å². The molecule has 2 atom stereocenters. The maximum atomic E-state index is 11.7. The number of benzene rings is 1. The zero-order valence-electron chi connectivity index (χ0n) is 13.2. The molecule has 3 rings (SSSR count). The van der Waals surface area contributed by atoms with Gasteiger partial charge in [0.2, 0.25) is 0 Å². The van der Waals surface area contributed by atoms with Crippen LogP contribution in [0, 0.1) is 11.3 Å². The largest absolute Gasteiger partial charge is 0.481 e. The number of halogens is 1. The second-order valence-corrected chi connectivity index (χ2v) is 6.50. The number of likely N-dealkylation sites (tertiary alicyclic amines) is 1. The Labute approximate surface area is 142 Å². The summed E-state index contributed by atoms with van der Waals surface area (Å²) in [4.78, 5) is 25.6. The van der Waals surface area contributed by atoms with Crippen molar-refractivity contribution in [3.8, 4) is 0 Å². The fourth-order valence-electron chi connectivity index (χ4n) is 4.08. The minimum absolute atomic E-state index is 0. The number of nitrogens with zero attached hydrogens (tertiary/aromatic N) is 1.